The molecular weight excluding hydrogens is 242 g/mol. The van der Waals surface area contributed by atoms with E-state index in [0.717, 1.165) is 5.56 Å². The Hall–Kier alpha value is -1.39. The molecule has 4 heteroatoms. The predicted molar refractivity (Wildman–Crippen MR) is 75.0 cm³/mol. The van der Waals surface area contributed by atoms with Crippen LogP contribution in [0.4, 0.5) is 0 Å². The average Bonchev–Trinajstić information content (AvgIpc) is 2.36. The third-order valence-electron chi connectivity index (χ3n) is 2.96. The SMILES string of the molecule is COC(=O)c1cccc(CN(CC(C)O)C(C)C)c1. The van der Waals surface area contributed by atoms with Crippen molar-refractivity contribution in [1.82, 2.24) is 4.90 Å². The van der Waals surface area contributed by atoms with Crippen LogP contribution in [0.15, 0.2) is 24.3 Å². The molecule has 19 heavy (non-hydrogen) atoms. The number of rotatable bonds is 6. The summed E-state index contributed by atoms with van der Waals surface area (Å²) in [5, 5.41) is 9.51. The quantitative estimate of drug-likeness (QED) is 0.800. The molecule has 0 spiro atoms. The lowest BCUT2D eigenvalue weighted by Gasteiger charge is -2.27. The van der Waals surface area contributed by atoms with E-state index in [9.17, 15) is 9.90 Å². The van der Waals surface area contributed by atoms with Gasteiger partial charge in [-0.15, -0.1) is 0 Å². The van der Waals surface area contributed by atoms with E-state index in [2.05, 4.69) is 18.7 Å². The van der Waals surface area contributed by atoms with Gasteiger partial charge in [-0.3, -0.25) is 4.90 Å². The Labute approximate surface area is 115 Å². The van der Waals surface area contributed by atoms with Crippen molar-refractivity contribution in [2.75, 3.05) is 13.7 Å². The van der Waals surface area contributed by atoms with Crippen molar-refractivity contribution < 1.29 is 14.6 Å². The summed E-state index contributed by atoms with van der Waals surface area (Å²) in [7, 11) is 1.38. The zero-order valence-corrected chi connectivity index (χ0v) is 12.1. The zero-order valence-electron chi connectivity index (χ0n) is 12.1. The number of aliphatic hydroxyl groups excluding tert-OH is 1. The smallest absolute Gasteiger partial charge is 0.337 e. The maximum Gasteiger partial charge on any atom is 0.337 e. The number of carbonyl (C=O) groups excluding carboxylic acids is 1. The molecule has 1 unspecified atom stereocenters. The number of benzene rings is 1. The predicted octanol–water partition coefficient (Wildman–Crippen LogP) is 2.06. The van der Waals surface area contributed by atoms with Crippen molar-refractivity contribution in [1.29, 1.82) is 0 Å². The fraction of sp³-hybridized carbons (Fsp3) is 0.533. The summed E-state index contributed by atoms with van der Waals surface area (Å²) in [6.45, 7) is 7.27. The van der Waals surface area contributed by atoms with E-state index >= 15 is 0 Å². The van der Waals surface area contributed by atoms with Crippen LogP contribution in [-0.2, 0) is 11.3 Å². The second-order valence-corrected chi connectivity index (χ2v) is 5.06. The Morgan fingerprint density at radius 3 is 2.58 bits per heavy atom. The highest BCUT2D eigenvalue weighted by molar-refractivity contribution is 5.89. The van der Waals surface area contributed by atoms with E-state index in [-0.39, 0.29) is 12.1 Å². The zero-order chi connectivity index (χ0) is 14.4. The summed E-state index contributed by atoms with van der Waals surface area (Å²) in [5.74, 6) is -0.325. The molecule has 1 aromatic rings. The average molecular weight is 265 g/mol. The monoisotopic (exact) mass is 265 g/mol. The minimum absolute atomic E-state index is 0.325. The van der Waals surface area contributed by atoms with Gasteiger partial charge in [0.2, 0.25) is 0 Å². The molecule has 0 saturated carbocycles. The first kappa shape index (κ1) is 15.7. The van der Waals surface area contributed by atoms with Gasteiger partial charge in [-0.25, -0.2) is 4.79 Å². The number of hydrogen-bond donors (Lipinski definition) is 1. The van der Waals surface area contributed by atoms with E-state index in [0.29, 0.717) is 24.7 Å². The largest absolute Gasteiger partial charge is 0.465 e. The number of hydrogen-bond acceptors (Lipinski definition) is 4. The van der Waals surface area contributed by atoms with Crippen LogP contribution >= 0.6 is 0 Å². The summed E-state index contributed by atoms with van der Waals surface area (Å²) in [5.41, 5.74) is 1.60. The molecule has 1 rings (SSSR count). The number of nitrogens with zero attached hydrogens (tertiary/aromatic N) is 1. The standard InChI is InChI=1S/C15H23NO3/c1-11(2)16(9-12(3)17)10-13-6-5-7-14(8-13)15(18)19-4/h5-8,11-12,17H,9-10H2,1-4H3. The molecule has 0 bridgehead atoms. The highest BCUT2D eigenvalue weighted by atomic mass is 16.5. The van der Waals surface area contributed by atoms with E-state index in [1.54, 1.807) is 13.0 Å². The summed E-state index contributed by atoms with van der Waals surface area (Å²) in [6, 6.07) is 7.73. The second-order valence-electron chi connectivity index (χ2n) is 5.06. The summed E-state index contributed by atoms with van der Waals surface area (Å²) < 4.78 is 4.72. The molecule has 4 nitrogen and oxygen atoms in total. The van der Waals surface area contributed by atoms with Crippen molar-refractivity contribution >= 4 is 5.97 Å². The van der Waals surface area contributed by atoms with E-state index in [1.165, 1.54) is 7.11 Å². The van der Waals surface area contributed by atoms with Gasteiger partial charge in [0.25, 0.3) is 0 Å². The third-order valence-corrected chi connectivity index (χ3v) is 2.96. The molecule has 106 valence electrons. The first-order chi connectivity index (χ1) is 8.93. The van der Waals surface area contributed by atoms with E-state index < -0.39 is 0 Å². The Morgan fingerprint density at radius 2 is 2.05 bits per heavy atom. The number of ether oxygens (including phenoxy) is 1. The molecule has 1 N–H and O–H groups in total. The van der Waals surface area contributed by atoms with Gasteiger partial charge < -0.3 is 9.84 Å². The topological polar surface area (TPSA) is 49.8 Å². The molecule has 0 amide bonds. The van der Waals surface area contributed by atoms with Gasteiger partial charge in [-0.05, 0) is 38.5 Å². The van der Waals surface area contributed by atoms with Crippen LogP contribution in [0.5, 0.6) is 0 Å². The van der Waals surface area contributed by atoms with Crippen LogP contribution in [0, 0.1) is 0 Å². The minimum atomic E-state index is -0.369. The molecule has 0 heterocycles. The van der Waals surface area contributed by atoms with Gasteiger partial charge in [0.05, 0.1) is 18.8 Å². The number of carbonyl (C=O) groups is 1. The van der Waals surface area contributed by atoms with Gasteiger partial charge >= 0.3 is 5.97 Å². The van der Waals surface area contributed by atoms with Crippen molar-refractivity contribution in [3.05, 3.63) is 35.4 Å². The molecule has 0 aromatic heterocycles. The first-order valence-electron chi connectivity index (χ1n) is 6.53. The summed E-state index contributed by atoms with van der Waals surface area (Å²) >= 11 is 0. The highest BCUT2D eigenvalue weighted by Crippen LogP contribution is 2.12. The molecule has 1 aromatic carbocycles. The van der Waals surface area contributed by atoms with Crippen molar-refractivity contribution in [2.45, 2.75) is 39.5 Å². The first-order valence-corrected chi connectivity index (χ1v) is 6.53. The molecule has 0 saturated heterocycles. The highest BCUT2D eigenvalue weighted by Gasteiger charge is 2.13. The Morgan fingerprint density at radius 1 is 1.37 bits per heavy atom. The lowest BCUT2D eigenvalue weighted by molar-refractivity contribution is 0.0600. The van der Waals surface area contributed by atoms with Crippen molar-refractivity contribution in [3.8, 4) is 0 Å². The maximum atomic E-state index is 11.5. The van der Waals surface area contributed by atoms with Gasteiger partial charge in [0.15, 0.2) is 0 Å². The normalized spacial score (nSPS) is 12.8. The van der Waals surface area contributed by atoms with Crippen LogP contribution in [0.1, 0.15) is 36.7 Å². The van der Waals surface area contributed by atoms with Crippen LogP contribution in [0.3, 0.4) is 0 Å². The van der Waals surface area contributed by atoms with Gasteiger partial charge in [0, 0.05) is 19.1 Å². The molecule has 1 atom stereocenters. The lowest BCUT2D eigenvalue weighted by Crippen LogP contribution is -2.36. The van der Waals surface area contributed by atoms with E-state index in [1.807, 2.05) is 18.2 Å². The third kappa shape index (κ3) is 5.01. The second kappa shape index (κ2) is 7.26. The maximum absolute atomic E-state index is 11.5. The van der Waals surface area contributed by atoms with Crippen molar-refractivity contribution in [2.24, 2.45) is 0 Å². The van der Waals surface area contributed by atoms with Crippen LogP contribution in [0.2, 0.25) is 0 Å². The van der Waals surface area contributed by atoms with Crippen LogP contribution in [-0.4, -0.2) is 41.8 Å². The number of methoxy groups -OCH3 is 1. The van der Waals surface area contributed by atoms with Gasteiger partial charge in [-0.1, -0.05) is 12.1 Å². The molecule has 0 aliphatic carbocycles. The Kier molecular flexibility index (Phi) is 5.99. The summed E-state index contributed by atoms with van der Waals surface area (Å²) in [6.07, 6.45) is -0.369. The Balaban J connectivity index is 2.81. The molecule has 0 aliphatic heterocycles. The number of esters is 1. The molecule has 0 aliphatic rings. The fourth-order valence-corrected chi connectivity index (χ4v) is 1.95. The van der Waals surface area contributed by atoms with Crippen molar-refractivity contribution in [3.63, 3.8) is 0 Å². The molecule has 0 fully saturated rings. The van der Waals surface area contributed by atoms with E-state index in [4.69, 9.17) is 4.74 Å². The van der Waals surface area contributed by atoms with Crippen LogP contribution < -0.4 is 0 Å². The minimum Gasteiger partial charge on any atom is -0.465 e. The molecular formula is C15H23NO3. The summed E-state index contributed by atoms with van der Waals surface area (Å²) in [4.78, 5) is 13.7. The lowest BCUT2D eigenvalue weighted by atomic mass is 10.1. The van der Waals surface area contributed by atoms with Gasteiger partial charge in [0.1, 0.15) is 0 Å². The fourth-order valence-electron chi connectivity index (χ4n) is 1.95. The Bertz CT molecular complexity index is 416. The van der Waals surface area contributed by atoms with Crippen LogP contribution in [0.25, 0.3) is 0 Å². The van der Waals surface area contributed by atoms with Gasteiger partial charge in [-0.2, -0.15) is 0 Å². The number of aliphatic hydroxyl groups is 1. The molecule has 0 radical (unpaired) electrons.